The Morgan fingerprint density at radius 3 is 2.76 bits per heavy atom. The van der Waals surface area contributed by atoms with Gasteiger partial charge in [-0.05, 0) is 44.5 Å². The number of hydrogen-bond donors (Lipinski definition) is 2. The Balaban J connectivity index is 2.11. The van der Waals surface area contributed by atoms with Crippen LogP contribution in [-0.4, -0.2) is 11.2 Å². The normalized spacial score (nSPS) is 13.4. The van der Waals surface area contributed by atoms with Gasteiger partial charge in [0.25, 0.3) is 0 Å². The Morgan fingerprint density at radius 1 is 1.32 bits per heavy atom. The minimum atomic E-state index is -1.44. The van der Waals surface area contributed by atoms with Crippen LogP contribution >= 0.6 is 22.7 Å². The van der Waals surface area contributed by atoms with Crippen LogP contribution < -0.4 is 5.32 Å². The first-order valence-corrected chi connectivity index (χ1v) is 9.76. The van der Waals surface area contributed by atoms with E-state index in [9.17, 15) is 0 Å². The Hall–Kier alpha value is -2.05. The van der Waals surface area contributed by atoms with Crippen LogP contribution in [0.2, 0.25) is 0 Å². The number of thiophene rings is 2. The molecule has 3 heterocycles. The Morgan fingerprint density at radius 2 is 2.12 bits per heavy atom. The molecule has 1 unspecified atom stereocenters. The molecule has 3 nitrogen and oxygen atoms in total. The Labute approximate surface area is 155 Å². The molecule has 25 heavy (non-hydrogen) atoms. The summed E-state index contributed by atoms with van der Waals surface area (Å²) in [6, 6.07) is 7.77. The van der Waals surface area contributed by atoms with Gasteiger partial charge in [-0.1, -0.05) is 6.92 Å². The minimum Gasteiger partial charge on any atom is -0.353 e. The second-order valence-corrected chi connectivity index (χ2v) is 8.19. The monoisotopic (exact) mass is 373 g/mol. The second-order valence-electron chi connectivity index (χ2n) is 6.02. The van der Waals surface area contributed by atoms with E-state index in [0.717, 1.165) is 15.4 Å². The summed E-state index contributed by atoms with van der Waals surface area (Å²) in [5.74, 6) is 0. The molecule has 0 aliphatic carbocycles. The van der Waals surface area contributed by atoms with Crippen molar-refractivity contribution in [3.63, 3.8) is 0 Å². The number of hydrogen-bond acceptors (Lipinski definition) is 5. The van der Waals surface area contributed by atoms with Gasteiger partial charge < -0.3 is 10.7 Å². The number of pyridine rings is 1. The molecule has 6 heteroatoms. The van der Waals surface area contributed by atoms with Gasteiger partial charge in [0.05, 0.1) is 16.3 Å². The highest BCUT2D eigenvalue weighted by atomic mass is 32.1. The van der Waals surface area contributed by atoms with Gasteiger partial charge in [-0.25, -0.2) is 4.39 Å². The summed E-state index contributed by atoms with van der Waals surface area (Å²) in [4.78, 5) is 7.44. The van der Waals surface area contributed by atoms with Crippen molar-refractivity contribution < 1.29 is 4.39 Å². The first-order chi connectivity index (χ1) is 12.0. The molecular weight excluding hydrogens is 353 g/mol. The summed E-state index contributed by atoms with van der Waals surface area (Å²) in [7, 11) is 0. The quantitative estimate of drug-likeness (QED) is 0.483. The van der Waals surface area contributed by atoms with E-state index in [1.54, 1.807) is 41.9 Å². The maximum absolute atomic E-state index is 15.4. The molecule has 0 saturated carbocycles. The van der Waals surface area contributed by atoms with Crippen molar-refractivity contribution in [2.24, 2.45) is 0 Å². The molecule has 0 aromatic carbocycles. The molecule has 0 bridgehead atoms. The molecule has 1 atom stereocenters. The fourth-order valence-corrected chi connectivity index (χ4v) is 4.79. The van der Waals surface area contributed by atoms with Crippen LogP contribution in [0.1, 0.15) is 36.4 Å². The summed E-state index contributed by atoms with van der Waals surface area (Å²) in [6.07, 6.45) is 3.23. The van der Waals surface area contributed by atoms with E-state index >= 15 is 4.39 Å². The lowest BCUT2D eigenvalue weighted by molar-refractivity contribution is 0.188. The van der Waals surface area contributed by atoms with Gasteiger partial charge >= 0.3 is 0 Å². The van der Waals surface area contributed by atoms with Crippen LogP contribution in [0.4, 0.5) is 15.8 Å². The molecule has 0 saturated heterocycles. The molecule has 3 rings (SSSR count). The van der Waals surface area contributed by atoms with Gasteiger partial charge in [0.2, 0.25) is 0 Å². The SMILES string of the molecule is CCC(C)(F)c1c(Nc2cccnc2C=N)csc1-c1ccc(C)s1. The van der Waals surface area contributed by atoms with E-state index in [-0.39, 0.29) is 0 Å². The summed E-state index contributed by atoms with van der Waals surface area (Å²) >= 11 is 3.22. The molecule has 130 valence electrons. The number of alkyl halides is 1. The van der Waals surface area contributed by atoms with Crippen molar-refractivity contribution in [1.29, 1.82) is 5.41 Å². The maximum atomic E-state index is 15.4. The smallest absolute Gasteiger partial charge is 0.136 e. The number of anilines is 2. The third kappa shape index (κ3) is 3.50. The Bertz CT molecular complexity index is 896. The number of aryl methyl sites for hydroxylation is 1. The van der Waals surface area contributed by atoms with E-state index in [0.29, 0.717) is 23.4 Å². The summed E-state index contributed by atoms with van der Waals surface area (Å²) in [5.41, 5.74) is 1.22. The van der Waals surface area contributed by atoms with Gasteiger partial charge in [0.15, 0.2) is 0 Å². The van der Waals surface area contributed by atoms with Crippen LogP contribution in [-0.2, 0) is 5.67 Å². The van der Waals surface area contributed by atoms with E-state index in [1.165, 1.54) is 11.1 Å². The summed E-state index contributed by atoms with van der Waals surface area (Å²) < 4.78 is 15.4. The fraction of sp³-hybridized carbons (Fsp3) is 0.263. The van der Waals surface area contributed by atoms with E-state index in [4.69, 9.17) is 5.41 Å². The zero-order chi connectivity index (χ0) is 18.0. The Kier molecular flexibility index (Phi) is 5.01. The molecule has 0 amide bonds. The molecule has 0 radical (unpaired) electrons. The molecular formula is C19H20FN3S2. The summed E-state index contributed by atoms with van der Waals surface area (Å²) in [5, 5.41) is 12.8. The number of halogens is 1. The van der Waals surface area contributed by atoms with Crippen LogP contribution in [0.15, 0.2) is 35.8 Å². The molecule has 0 aliphatic heterocycles. The zero-order valence-electron chi connectivity index (χ0n) is 14.4. The topological polar surface area (TPSA) is 48.8 Å². The number of aromatic nitrogens is 1. The highest BCUT2D eigenvalue weighted by molar-refractivity contribution is 7.21. The van der Waals surface area contributed by atoms with E-state index in [1.807, 2.05) is 18.4 Å². The molecule has 0 fully saturated rings. The molecule has 0 spiro atoms. The third-order valence-corrected chi connectivity index (χ3v) is 6.35. The molecule has 3 aromatic rings. The average molecular weight is 374 g/mol. The second kappa shape index (κ2) is 7.06. The van der Waals surface area contributed by atoms with Crippen molar-refractivity contribution in [1.82, 2.24) is 4.98 Å². The predicted octanol–water partition coefficient (Wildman–Crippen LogP) is 6.52. The van der Waals surface area contributed by atoms with Crippen LogP contribution in [0.25, 0.3) is 9.75 Å². The minimum absolute atomic E-state index is 0.389. The number of rotatable bonds is 6. The lowest BCUT2D eigenvalue weighted by Crippen LogP contribution is -2.15. The van der Waals surface area contributed by atoms with E-state index in [2.05, 4.69) is 29.4 Å². The summed E-state index contributed by atoms with van der Waals surface area (Å²) in [6.45, 7) is 5.55. The van der Waals surface area contributed by atoms with Gasteiger partial charge in [-0.3, -0.25) is 4.98 Å². The van der Waals surface area contributed by atoms with Crippen LogP contribution in [0.3, 0.4) is 0 Å². The standard InChI is InChI=1S/C19H20FN3S2/c1-4-19(3,20)17-15(23-13-6-5-9-22-14(13)10-21)11-24-18(17)16-8-7-12(2)25-16/h5-11,21,23H,4H2,1-3H3. The fourth-order valence-electron chi connectivity index (χ4n) is 2.67. The molecule has 0 aliphatic rings. The van der Waals surface area contributed by atoms with Gasteiger partial charge in [0.1, 0.15) is 11.4 Å². The van der Waals surface area contributed by atoms with Gasteiger partial charge in [0, 0.05) is 33.1 Å². The average Bonchev–Trinajstić information content (AvgIpc) is 3.22. The first-order valence-electron chi connectivity index (χ1n) is 8.06. The van der Waals surface area contributed by atoms with Crippen LogP contribution in [0.5, 0.6) is 0 Å². The largest absolute Gasteiger partial charge is 0.353 e. The third-order valence-electron chi connectivity index (χ3n) is 4.18. The van der Waals surface area contributed by atoms with Crippen molar-refractivity contribution in [2.75, 3.05) is 5.32 Å². The van der Waals surface area contributed by atoms with Crippen molar-refractivity contribution in [2.45, 2.75) is 32.9 Å². The van der Waals surface area contributed by atoms with Gasteiger partial charge in [-0.2, -0.15) is 0 Å². The molecule has 3 aromatic heterocycles. The van der Waals surface area contributed by atoms with E-state index < -0.39 is 5.67 Å². The highest BCUT2D eigenvalue weighted by Gasteiger charge is 2.32. The predicted molar refractivity (Wildman–Crippen MR) is 107 cm³/mol. The van der Waals surface area contributed by atoms with Crippen molar-refractivity contribution >= 4 is 40.3 Å². The number of nitrogens with one attached hydrogen (secondary N) is 2. The van der Waals surface area contributed by atoms with Crippen molar-refractivity contribution in [3.05, 3.63) is 52.0 Å². The molecule has 2 N–H and O–H groups in total. The maximum Gasteiger partial charge on any atom is 0.136 e. The van der Waals surface area contributed by atoms with Gasteiger partial charge in [-0.15, -0.1) is 22.7 Å². The number of nitrogens with zero attached hydrogens (tertiary/aromatic N) is 1. The van der Waals surface area contributed by atoms with Crippen LogP contribution in [0, 0.1) is 12.3 Å². The van der Waals surface area contributed by atoms with Crippen molar-refractivity contribution in [3.8, 4) is 9.75 Å². The lowest BCUT2D eigenvalue weighted by Gasteiger charge is -2.22. The zero-order valence-corrected chi connectivity index (χ0v) is 16.0. The first kappa shape index (κ1) is 17.8. The lowest BCUT2D eigenvalue weighted by atomic mass is 9.93. The highest BCUT2D eigenvalue weighted by Crippen LogP contribution is 2.47.